The topological polar surface area (TPSA) is 58.4 Å². The van der Waals surface area contributed by atoms with Gasteiger partial charge in [-0.25, -0.2) is 4.39 Å². The fourth-order valence-corrected chi connectivity index (χ4v) is 2.11. The molecule has 1 amide bonds. The van der Waals surface area contributed by atoms with Crippen LogP contribution in [-0.2, 0) is 11.3 Å². The highest BCUT2D eigenvalue weighted by Crippen LogP contribution is 2.18. The molecule has 0 saturated heterocycles. The van der Waals surface area contributed by atoms with Crippen LogP contribution in [0, 0.1) is 5.82 Å². The van der Waals surface area contributed by atoms with Crippen molar-refractivity contribution in [1.29, 1.82) is 0 Å². The van der Waals surface area contributed by atoms with Crippen LogP contribution in [0.3, 0.4) is 0 Å². The molecule has 0 radical (unpaired) electrons. The van der Waals surface area contributed by atoms with Crippen molar-refractivity contribution in [2.24, 2.45) is 5.73 Å². The van der Waals surface area contributed by atoms with Gasteiger partial charge in [-0.05, 0) is 23.8 Å². The van der Waals surface area contributed by atoms with E-state index in [0.717, 1.165) is 11.3 Å². The lowest BCUT2D eigenvalue weighted by atomic mass is 10.1. The fraction of sp³-hybridized carbons (Fsp3) is 0.188. The highest BCUT2D eigenvalue weighted by atomic mass is 19.1. The Hall–Kier alpha value is -2.40. The maximum atomic E-state index is 13.5. The quantitative estimate of drug-likeness (QED) is 0.887. The third-order valence-electron chi connectivity index (χ3n) is 3.15. The molecule has 0 saturated carbocycles. The maximum Gasteiger partial charge on any atom is 0.243 e. The number of nitrogens with two attached hydrogens (primary N) is 1. The monoisotopic (exact) mass is 287 g/mol. The van der Waals surface area contributed by atoms with Gasteiger partial charge >= 0.3 is 0 Å². The normalized spacial score (nSPS) is 10.2. The molecular weight excluding hydrogens is 269 g/mol. The predicted molar refractivity (Wildman–Crippen MR) is 82.6 cm³/mol. The van der Waals surface area contributed by atoms with Gasteiger partial charge in [0.05, 0.1) is 12.2 Å². The number of carbonyl (C=O) groups is 1. The van der Waals surface area contributed by atoms with Gasteiger partial charge in [0, 0.05) is 19.3 Å². The van der Waals surface area contributed by atoms with Gasteiger partial charge in [-0.3, -0.25) is 4.79 Å². The van der Waals surface area contributed by atoms with Gasteiger partial charge < -0.3 is 16.0 Å². The summed E-state index contributed by atoms with van der Waals surface area (Å²) >= 11 is 0. The Morgan fingerprint density at radius 2 is 1.86 bits per heavy atom. The number of carbonyl (C=O) groups excluding carboxylic acids is 1. The van der Waals surface area contributed by atoms with Crippen LogP contribution >= 0.6 is 0 Å². The highest BCUT2D eigenvalue weighted by molar-refractivity contribution is 5.94. The largest absolute Gasteiger partial charge is 0.365 e. The molecule has 2 aromatic carbocycles. The molecule has 0 aromatic heterocycles. The van der Waals surface area contributed by atoms with Gasteiger partial charge in [-0.15, -0.1) is 0 Å². The Labute approximate surface area is 123 Å². The van der Waals surface area contributed by atoms with E-state index in [4.69, 9.17) is 5.73 Å². The summed E-state index contributed by atoms with van der Waals surface area (Å²) in [4.78, 5) is 13.8. The number of rotatable bonds is 5. The van der Waals surface area contributed by atoms with Crippen LogP contribution in [-0.4, -0.2) is 19.5 Å². The van der Waals surface area contributed by atoms with E-state index in [1.165, 1.54) is 12.1 Å². The zero-order chi connectivity index (χ0) is 15.2. The average molecular weight is 287 g/mol. The second-order valence-corrected chi connectivity index (χ2v) is 4.72. The summed E-state index contributed by atoms with van der Waals surface area (Å²) in [6.07, 6.45) is 0. The molecule has 110 valence electrons. The van der Waals surface area contributed by atoms with E-state index < -0.39 is 5.82 Å². The SMILES string of the molecule is CN(CC(=O)Nc1ccccc1F)c1ccccc1CN. The molecule has 0 aliphatic heterocycles. The predicted octanol–water partition coefficient (Wildman–Crippen LogP) is 2.36. The van der Waals surface area contributed by atoms with E-state index in [9.17, 15) is 9.18 Å². The Bertz CT molecular complexity index is 630. The van der Waals surface area contributed by atoms with Gasteiger partial charge in [0.25, 0.3) is 0 Å². The van der Waals surface area contributed by atoms with Crippen molar-refractivity contribution >= 4 is 17.3 Å². The minimum atomic E-state index is -0.448. The number of para-hydroxylation sites is 2. The van der Waals surface area contributed by atoms with Crippen molar-refractivity contribution in [3.63, 3.8) is 0 Å². The lowest BCUT2D eigenvalue weighted by Gasteiger charge is -2.21. The molecule has 0 bridgehead atoms. The Balaban J connectivity index is 2.04. The summed E-state index contributed by atoms with van der Waals surface area (Å²) in [6.45, 7) is 0.515. The van der Waals surface area contributed by atoms with E-state index >= 15 is 0 Å². The number of benzene rings is 2. The van der Waals surface area contributed by atoms with Crippen molar-refractivity contribution < 1.29 is 9.18 Å². The van der Waals surface area contributed by atoms with E-state index in [0.29, 0.717) is 6.54 Å². The summed E-state index contributed by atoms with van der Waals surface area (Å²) in [5.41, 5.74) is 7.72. The summed E-state index contributed by atoms with van der Waals surface area (Å²) in [7, 11) is 1.80. The van der Waals surface area contributed by atoms with E-state index in [2.05, 4.69) is 5.32 Å². The molecule has 21 heavy (non-hydrogen) atoms. The Morgan fingerprint density at radius 1 is 1.19 bits per heavy atom. The van der Waals surface area contributed by atoms with Crippen molar-refractivity contribution in [3.05, 3.63) is 59.9 Å². The molecule has 3 N–H and O–H groups in total. The fourth-order valence-electron chi connectivity index (χ4n) is 2.11. The Morgan fingerprint density at radius 3 is 2.57 bits per heavy atom. The van der Waals surface area contributed by atoms with Crippen LogP contribution in [0.2, 0.25) is 0 Å². The van der Waals surface area contributed by atoms with Crippen LogP contribution in [0.15, 0.2) is 48.5 Å². The molecule has 2 aromatic rings. The van der Waals surface area contributed by atoms with Crippen LogP contribution in [0.5, 0.6) is 0 Å². The number of nitrogens with zero attached hydrogens (tertiary/aromatic N) is 1. The Kier molecular flexibility index (Phi) is 4.90. The number of likely N-dealkylation sites (N-methyl/N-ethyl adjacent to an activating group) is 1. The minimum Gasteiger partial charge on any atom is -0.365 e. The molecule has 0 unspecified atom stereocenters. The zero-order valence-electron chi connectivity index (χ0n) is 11.8. The van der Waals surface area contributed by atoms with Crippen LogP contribution < -0.4 is 16.0 Å². The molecular formula is C16H18FN3O. The first-order valence-corrected chi connectivity index (χ1v) is 6.65. The molecule has 0 heterocycles. The first kappa shape index (κ1) is 15.0. The van der Waals surface area contributed by atoms with Crippen LogP contribution in [0.4, 0.5) is 15.8 Å². The lowest BCUT2D eigenvalue weighted by molar-refractivity contribution is -0.114. The summed E-state index contributed by atoms with van der Waals surface area (Å²) in [5.74, 6) is -0.731. The van der Waals surface area contributed by atoms with Crippen molar-refractivity contribution in [2.75, 3.05) is 23.8 Å². The summed E-state index contributed by atoms with van der Waals surface area (Å²) in [6, 6.07) is 13.7. The van der Waals surface area contributed by atoms with Crippen LogP contribution in [0.1, 0.15) is 5.56 Å². The van der Waals surface area contributed by atoms with Gasteiger partial charge in [-0.1, -0.05) is 30.3 Å². The molecule has 5 heteroatoms. The number of hydrogen-bond donors (Lipinski definition) is 2. The molecule has 0 aliphatic carbocycles. The second kappa shape index (κ2) is 6.85. The lowest BCUT2D eigenvalue weighted by Crippen LogP contribution is -2.31. The second-order valence-electron chi connectivity index (χ2n) is 4.72. The average Bonchev–Trinajstić information content (AvgIpc) is 2.49. The minimum absolute atomic E-state index is 0.116. The standard InChI is InChI=1S/C16H18FN3O/c1-20(15-9-5-2-6-12(15)10-18)11-16(21)19-14-8-4-3-7-13(14)17/h2-9H,10-11,18H2,1H3,(H,19,21). The molecule has 0 aliphatic rings. The van der Waals surface area contributed by atoms with E-state index in [1.807, 2.05) is 24.3 Å². The van der Waals surface area contributed by atoms with E-state index in [-0.39, 0.29) is 18.1 Å². The molecule has 0 spiro atoms. The molecule has 0 fully saturated rings. The maximum absolute atomic E-state index is 13.5. The summed E-state index contributed by atoms with van der Waals surface area (Å²) < 4.78 is 13.5. The first-order chi connectivity index (χ1) is 10.1. The third-order valence-corrected chi connectivity index (χ3v) is 3.15. The molecule has 2 rings (SSSR count). The van der Waals surface area contributed by atoms with E-state index in [1.54, 1.807) is 24.1 Å². The zero-order valence-corrected chi connectivity index (χ0v) is 11.8. The highest BCUT2D eigenvalue weighted by Gasteiger charge is 2.11. The number of hydrogen-bond acceptors (Lipinski definition) is 3. The van der Waals surface area contributed by atoms with Crippen molar-refractivity contribution in [3.8, 4) is 0 Å². The van der Waals surface area contributed by atoms with Gasteiger partial charge in [0.1, 0.15) is 5.82 Å². The van der Waals surface area contributed by atoms with Crippen LogP contribution in [0.25, 0.3) is 0 Å². The van der Waals surface area contributed by atoms with Gasteiger partial charge in [-0.2, -0.15) is 0 Å². The number of amides is 1. The van der Waals surface area contributed by atoms with Gasteiger partial charge in [0.15, 0.2) is 0 Å². The number of halogens is 1. The van der Waals surface area contributed by atoms with Crippen molar-refractivity contribution in [1.82, 2.24) is 0 Å². The van der Waals surface area contributed by atoms with Gasteiger partial charge in [0.2, 0.25) is 5.91 Å². The summed E-state index contributed by atoms with van der Waals surface area (Å²) in [5, 5.41) is 2.56. The first-order valence-electron chi connectivity index (χ1n) is 6.65. The third kappa shape index (κ3) is 3.79. The molecule has 4 nitrogen and oxygen atoms in total. The smallest absolute Gasteiger partial charge is 0.243 e. The number of anilines is 2. The number of nitrogens with one attached hydrogen (secondary N) is 1. The molecule has 0 atom stereocenters. The van der Waals surface area contributed by atoms with Crippen molar-refractivity contribution in [2.45, 2.75) is 6.54 Å².